The van der Waals surface area contributed by atoms with Crippen molar-refractivity contribution in [2.45, 2.75) is 77.2 Å². The maximum atomic E-state index is 12.4. The fraction of sp³-hybridized carbons (Fsp3) is 0.895. The number of nitrogens with zero attached hydrogens (tertiary/aromatic N) is 2. The summed E-state index contributed by atoms with van der Waals surface area (Å²) in [4.78, 5) is 27.3. The third-order valence-corrected chi connectivity index (χ3v) is 5.81. The molecule has 1 saturated heterocycles. The minimum atomic E-state index is -0.766. The molecule has 1 aliphatic heterocycles. The number of hydrogen-bond acceptors (Lipinski definition) is 3. The zero-order chi connectivity index (χ0) is 17.4. The Kier molecular flexibility index (Phi) is 8.03. The second-order valence-corrected chi connectivity index (χ2v) is 7.47. The Morgan fingerprint density at radius 3 is 2.33 bits per heavy atom. The molecule has 138 valence electrons. The molecule has 1 aliphatic carbocycles. The number of aliphatic carboxylic acids is 1. The second kappa shape index (κ2) is 10.0. The van der Waals surface area contributed by atoms with Crippen LogP contribution < -0.4 is 0 Å². The van der Waals surface area contributed by atoms with Gasteiger partial charge in [-0.2, -0.15) is 0 Å². The lowest BCUT2D eigenvalue weighted by Crippen LogP contribution is -2.48. The van der Waals surface area contributed by atoms with E-state index in [1.54, 1.807) is 0 Å². The third-order valence-electron chi connectivity index (χ3n) is 5.81. The topological polar surface area (TPSA) is 60.9 Å². The highest BCUT2D eigenvalue weighted by molar-refractivity contribution is 5.76. The zero-order valence-electron chi connectivity index (χ0n) is 15.2. The Hall–Kier alpha value is -1.10. The van der Waals surface area contributed by atoms with Gasteiger partial charge >= 0.3 is 5.97 Å². The molecule has 0 aromatic carbocycles. The van der Waals surface area contributed by atoms with Gasteiger partial charge in [-0.15, -0.1) is 0 Å². The molecular weight excluding hydrogens is 304 g/mol. The van der Waals surface area contributed by atoms with E-state index in [4.69, 9.17) is 5.11 Å². The summed E-state index contributed by atoms with van der Waals surface area (Å²) >= 11 is 0. The van der Waals surface area contributed by atoms with E-state index in [0.717, 1.165) is 44.8 Å². The Morgan fingerprint density at radius 2 is 1.75 bits per heavy atom. The van der Waals surface area contributed by atoms with Crippen molar-refractivity contribution in [3.8, 4) is 0 Å². The first-order valence-electron chi connectivity index (χ1n) is 9.83. The summed E-state index contributed by atoms with van der Waals surface area (Å²) in [5, 5.41) is 8.98. The molecule has 1 N–H and O–H groups in total. The first kappa shape index (κ1) is 19.2. The second-order valence-electron chi connectivity index (χ2n) is 7.47. The largest absolute Gasteiger partial charge is 0.480 e. The van der Waals surface area contributed by atoms with Gasteiger partial charge in [0.15, 0.2) is 0 Å². The van der Waals surface area contributed by atoms with Crippen molar-refractivity contribution < 1.29 is 14.7 Å². The van der Waals surface area contributed by atoms with Gasteiger partial charge in [0.05, 0.1) is 6.54 Å². The molecule has 2 fully saturated rings. The maximum absolute atomic E-state index is 12.4. The van der Waals surface area contributed by atoms with Gasteiger partial charge in [-0.3, -0.25) is 14.5 Å². The number of hydrogen-bond donors (Lipinski definition) is 1. The van der Waals surface area contributed by atoms with Crippen molar-refractivity contribution in [1.82, 2.24) is 9.80 Å². The average molecular weight is 338 g/mol. The van der Waals surface area contributed by atoms with E-state index in [1.807, 2.05) is 16.7 Å². The molecule has 24 heavy (non-hydrogen) atoms. The fourth-order valence-corrected chi connectivity index (χ4v) is 4.33. The summed E-state index contributed by atoms with van der Waals surface area (Å²) in [5.41, 5.74) is 0. The van der Waals surface area contributed by atoms with Gasteiger partial charge in [0.2, 0.25) is 5.91 Å². The van der Waals surface area contributed by atoms with Crippen LogP contribution in [-0.4, -0.2) is 59.0 Å². The predicted octanol–water partition coefficient (Wildman–Crippen LogP) is 3.13. The van der Waals surface area contributed by atoms with Gasteiger partial charge in [-0.05, 0) is 38.1 Å². The number of likely N-dealkylation sites (N-methyl/N-ethyl adjacent to an activating group) is 1. The van der Waals surface area contributed by atoms with Crippen LogP contribution in [0.2, 0.25) is 0 Å². The number of carboxylic acid groups (broad SMARTS) is 1. The quantitative estimate of drug-likeness (QED) is 0.738. The van der Waals surface area contributed by atoms with Crippen molar-refractivity contribution in [3.05, 3.63) is 0 Å². The highest BCUT2D eigenvalue weighted by Gasteiger charge is 2.27. The van der Waals surface area contributed by atoms with Crippen molar-refractivity contribution >= 4 is 11.9 Å². The molecule has 0 unspecified atom stereocenters. The molecule has 0 radical (unpaired) electrons. The molecule has 0 atom stereocenters. The summed E-state index contributed by atoms with van der Waals surface area (Å²) in [7, 11) is 0. The minimum Gasteiger partial charge on any atom is -0.480 e. The lowest BCUT2D eigenvalue weighted by molar-refractivity contribution is -0.140. The summed E-state index contributed by atoms with van der Waals surface area (Å²) < 4.78 is 0. The van der Waals surface area contributed by atoms with Crippen molar-refractivity contribution in [2.24, 2.45) is 5.92 Å². The standard InChI is InChI=1S/C19H34N2O3/c1-2-20(15-19(23)24)17-11-13-21(14-12-17)18(22)10-6-9-16-7-4-3-5-8-16/h16-17H,2-15H2,1H3,(H,23,24). The number of carboxylic acids is 1. The summed E-state index contributed by atoms with van der Waals surface area (Å²) in [6, 6.07) is 0.303. The molecule has 1 heterocycles. The van der Waals surface area contributed by atoms with Crippen LogP contribution in [0.4, 0.5) is 0 Å². The van der Waals surface area contributed by atoms with Crippen molar-refractivity contribution in [3.63, 3.8) is 0 Å². The summed E-state index contributed by atoms with van der Waals surface area (Å²) in [6.07, 6.45) is 11.6. The van der Waals surface area contributed by atoms with E-state index in [9.17, 15) is 9.59 Å². The number of likely N-dealkylation sites (tertiary alicyclic amines) is 1. The van der Waals surface area contributed by atoms with E-state index in [1.165, 1.54) is 38.5 Å². The zero-order valence-corrected chi connectivity index (χ0v) is 15.2. The van der Waals surface area contributed by atoms with Crippen LogP contribution >= 0.6 is 0 Å². The lowest BCUT2D eigenvalue weighted by atomic mass is 9.86. The molecule has 2 aliphatic rings. The van der Waals surface area contributed by atoms with E-state index in [-0.39, 0.29) is 6.54 Å². The first-order chi connectivity index (χ1) is 11.6. The van der Waals surface area contributed by atoms with Crippen LogP contribution in [0.3, 0.4) is 0 Å². The van der Waals surface area contributed by atoms with Crippen molar-refractivity contribution in [1.29, 1.82) is 0 Å². The van der Waals surface area contributed by atoms with Crippen LogP contribution in [0, 0.1) is 5.92 Å². The number of carbonyl (C=O) groups excluding carboxylic acids is 1. The third kappa shape index (κ3) is 6.08. The molecule has 0 aromatic heterocycles. The van der Waals surface area contributed by atoms with Gasteiger partial charge in [0.1, 0.15) is 0 Å². The lowest BCUT2D eigenvalue weighted by Gasteiger charge is -2.37. The van der Waals surface area contributed by atoms with E-state index < -0.39 is 5.97 Å². The van der Waals surface area contributed by atoms with Gasteiger partial charge in [0, 0.05) is 25.6 Å². The van der Waals surface area contributed by atoms with Gasteiger partial charge in [-0.25, -0.2) is 0 Å². The van der Waals surface area contributed by atoms with Gasteiger partial charge in [-0.1, -0.05) is 39.0 Å². The molecule has 5 nitrogen and oxygen atoms in total. The van der Waals surface area contributed by atoms with Crippen LogP contribution in [0.15, 0.2) is 0 Å². The molecule has 1 saturated carbocycles. The number of amides is 1. The van der Waals surface area contributed by atoms with Crippen LogP contribution in [0.25, 0.3) is 0 Å². The summed E-state index contributed by atoms with van der Waals surface area (Å²) in [6.45, 7) is 4.43. The molecule has 2 rings (SSSR count). The normalized spacial score (nSPS) is 20.5. The van der Waals surface area contributed by atoms with E-state index in [2.05, 4.69) is 0 Å². The number of rotatable bonds is 8. The highest BCUT2D eigenvalue weighted by Crippen LogP contribution is 2.28. The van der Waals surface area contributed by atoms with Gasteiger partial charge < -0.3 is 10.0 Å². The van der Waals surface area contributed by atoms with Crippen LogP contribution in [0.5, 0.6) is 0 Å². The SMILES string of the molecule is CCN(CC(=O)O)C1CCN(C(=O)CCCC2CCCCC2)CC1. The molecular formula is C19H34N2O3. The fourth-order valence-electron chi connectivity index (χ4n) is 4.33. The number of carbonyl (C=O) groups is 2. The maximum Gasteiger partial charge on any atom is 0.317 e. The van der Waals surface area contributed by atoms with Crippen molar-refractivity contribution in [2.75, 3.05) is 26.2 Å². The molecule has 0 bridgehead atoms. The van der Waals surface area contributed by atoms with Gasteiger partial charge in [0.25, 0.3) is 0 Å². The monoisotopic (exact) mass is 338 g/mol. The first-order valence-corrected chi connectivity index (χ1v) is 9.83. The predicted molar refractivity (Wildman–Crippen MR) is 94.9 cm³/mol. The summed E-state index contributed by atoms with van der Waals surface area (Å²) in [5.74, 6) is 0.384. The molecule has 0 spiro atoms. The Morgan fingerprint density at radius 1 is 1.08 bits per heavy atom. The van der Waals surface area contributed by atoms with E-state index >= 15 is 0 Å². The highest BCUT2D eigenvalue weighted by atomic mass is 16.4. The average Bonchev–Trinajstić information content (AvgIpc) is 2.60. The molecule has 1 amide bonds. The Labute approximate surface area is 146 Å². The van der Waals surface area contributed by atoms with Crippen LogP contribution in [-0.2, 0) is 9.59 Å². The molecule has 5 heteroatoms. The molecule has 0 aromatic rings. The Bertz CT molecular complexity index is 399. The number of piperidine rings is 1. The van der Waals surface area contributed by atoms with Crippen LogP contribution in [0.1, 0.15) is 71.1 Å². The smallest absolute Gasteiger partial charge is 0.317 e. The van der Waals surface area contributed by atoms with E-state index in [0.29, 0.717) is 18.4 Å². The minimum absolute atomic E-state index is 0.108. The Balaban J connectivity index is 1.65.